The summed E-state index contributed by atoms with van der Waals surface area (Å²) in [7, 11) is 1.42. The number of Topliss-reactive ketones (excluding diaryl/α,β-unsaturated/α-hetero) is 1. The molecule has 0 unspecified atom stereocenters. The Kier molecular flexibility index (Phi) is 3.95. The number of halogens is 3. The number of nitrogens with one attached hydrogen (secondary N) is 1. The van der Waals surface area contributed by atoms with Crippen LogP contribution in [-0.4, -0.2) is 25.0 Å². The summed E-state index contributed by atoms with van der Waals surface area (Å²) in [6.07, 6.45) is -3.51. The quantitative estimate of drug-likeness (QED) is 0.664. The van der Waals surface area contributed by atoms with Crippen molar-refractivity contribution in [1.82, 2.24) is 5.32 Å². The van der Waals surface area contributed by atoms with Crippen molar-refractivity contribution in [3.05, 3.63) is 12.2 Å². The number of hydrogen-bond acceptors (Lipinski definition) is 2. The second kappa shape index (κ2) is 4.25. The molecule has 0 radical (unpaired) electrons. The van der Waals surface area contributed by atoms with E-state index in [1.54, 1.807) is 0 Å². The molecule has 0 aromatic heterocycles. The Balaban J connectivity index is 4.21. The van der Waals surface area contributed by atoms with Crippen LogP contribution < -0.4 is 5.32 Å². The van der Waals surface area contributed by atoms with E-state index in [-0.39, 0.29) is 11.9 Å². The Labute approximate surface area is 68.4 Å². The summed E-state index contributed by atoms with van der Waals surface area (Å²) in [5, 5.41) is 2.44. The number of hydrogen-bond donors (Lipinski definition) is 1. The molecule has 0 aromatic carbocycles. The zero-order valence-corrected chi connectivity index (χ0v) is 6.77. The fourth-order valence-corrected chi connectivity index (χ4v) is 0.640. The Morgan fingerprint density at radius 1 is 1.50 bits per heavy atom. The number of rotatable bonds is 3. The van der Waals surface area contributed by atoms with Crippen LogP contribution in [0, 0.1) is 0 Å². The van der Waals surface area contributed by atoms with Crippen LogP contribution in [0.5, 0.6) is 0 Å². The van der Waals surface area contributed by atoms with Gasteiger partial charge in [-0.1, -0.05) is 6.08 Å². The number of carbonyl (C=O) groups is 1. The van der Waals surface area contributed by atoms with E-state index < -0.39 is 12.2 Å². The van der Waals surface area contributed by atoms with E-state index in [0.717, 1.165) is 6.08 Å². The minimum atomic E-state index is -4.36. The smallest absolute Gasteiger partial charge is 0.307 e. The maximum Gasteiger partial charge on any atom is 0.409 e. The zero-order chi connectivity index (χ0) is 9.78. The van der Waals surface area contributed by atoms with Crippen LogP contribution in [0.25, 0.3) is 0 Å². The first kappa shape index (κ1) is 11.2. The third-order valence-electron chi connectivity index (χ3n) is 1.23. The molecular weight excluding hydrogens is 171 g/mol. The normalized spacial score (nSPS) is 15.1. The van der Waals surface area contributed by atoms with Crippen LogP contribution >= 0.6 is 0 Å². The van der Waals surface area contributed by atoms with Crippen LogP contribution in [0.4, 0.5) is 13.2 Å². The molecule has 0 rings (SSSR count). The minimum absolute atomic E-state index is 0.0512. The lowest BCUT2D eigenvalue weighted by molar-refractivity contribution is -0.117. The van der Waals surface area contributed by atoms with Crippen molar-refractivity contribution in [2.75, 3.05) is 7.05 Å². The third kappa shape index (κ3) is 4.90. The Bertz CT molecular complexity index is 186. The first-order valence-corrected chi connectivity index (χ1v) is 3.30. The van der Waals surface area contributed by atoms with Crippen molar-refractivity contribution in [3.8, 4) is 0 Å². The molecule has 0 amide bonds. The van der Waals surface area contributed by atoms with Gasteiger partial charge in [0.2, 0.25) is 0 Å². The summed E-state index contributed by atoms with van der Waals surface area (Å²) in [5.41, 5.74) is 0. The highest BCUT2D eigenvalue weighted by atomic mass is 19.4. The lowest BCUT2D eigenvalue weighted by Gasteiger charge is -2.06. The zero-order valence-electron chi connectivity index (χ0n) is 6.77. The molecule has 70 valence electrons. The van der Waals surface area contributed by atoms with Gasteiger partial charge in [0.25, 0.3) is 0 Å². The van der Waals surface area contributed by atoms with Gasteiger partial charge in [0.05, 0.1) is 6.04 Å². The van der Waals surface area contributed by atoms with E-state index in [0.29, 0.717) is 0 Å². The molecule has 0 bridgehead atoms. The second-order valence-corrected chi connectivity index (χ2v) is 2.28. The van der Waals surface area contributed by atoms with Crippen LogP contribution in [0.1, 0.15) is 6.92 Å². The van der Waals surface area contributed by atoms with Gasteiger partial charge in [0, 0.05) is 6.08 Å². The van der Waals surface area contributed by atoms with Crippen molar-refractivity contribution in [1.29, 1.82) is 0 Å². The number of likely N-dealkylation sites (N-methyl/N-ethyl adjacent to an activating group) is 1. The van der Waals surface area contributed by atoms with Crippen molar-refractivity contribution in [3.63, 3.8) is 0 Å². The summed E-state index contributed by atoms with van der Waals surface area (Å²) in [6.45, 7) is 1.22. The predicted octanol–water partition coefficient (Wildman–Crippen LogP) is 1.28. The van der Waals surface area contributed by atoms with Crippen LogP contribution in [0.3, 0.4) is 0 Å². The lowest BCUT2D eigenvalue weighted by atomic mass is 10.2. The van der Waals surface area contributed by atoms with Crippen molar-refractivity contribution in [2.24, 2.45) is 0 Å². The van der Waals surface area contributed by atoms with Crippen LogP contribution in [-0.2, 0) is 4.79 Å². The maximum atomic E-state index is 11.6. The number of allylic oxidation sites excluding steroid dienone is 1. The fourth-order valence-electron chi connectivity index (χ4n) is 0.640. The largest absolute Gasteiger partial charge is 0.409 e. The highest BCUT2D eigenvalue weighted by Gasteiger charge is 2.23. The maximum absolute atomic E-state index is 11.6. The predicted molar refractivity (Wildman–Crippen MR) is 38.7 cm³/mol. The summed E-state index contributed by atoms with van der Waals surface area (Å²) in [4.78, 5) is 10.6. The average Bonchev–Trinajstić information content (AvgIpc) is 1.85. The minimum Gasteiger partial charge on any atom is -0.307 e. The van der Waals surface area contributed by atoms with Gasteiger partial charge in [-0.3, -0.25) is 4.79 Å². The van der Waals surface area contributed by atoms with Gasteiger partial charge in [-0.25, -0.2) is 0 Å². The summed E-state index contributed by atoms with van der Waals surface area (Å²) >= 11 is 0. The molecule has 0 aliphatic rings. The van der Waals surface area contributed by atoms with Gasteiger partial charge < -0.3 is 5.32 Å². The fraction of sp³-hybridized carbons (Fsp3) is 0.571. The lowest BCUT2D eigenvalue weighted by Crippen LogP contribution is -2.30. The summed E-state index contributed by atoms with van der Waals surface area (Å²) in [6, 6.07) is -0.855. The SMILES string of the molecule is CN[C@@H](/C=C/C(F)(F)F)C(C)=O. The second-order valence-electron chi connectivity index (χ2n) is 2.28. The van der Waals surface area contributed by atoms with Gasteiger partial charge in [-0.05, 0) is 14.0 Å². The van der Waals surface area contributed by atoms with E-state index >= 15 is 0 Å². The van der Waals surface area contributed by atoms with Crippen LogP contribution in [0.2, 0.25) is 0 Å². The molecular formula is C7H10F3NO. The van der Waals surface area contributed by atoms with E-state index in [9.17, 15) is 18.0 Å². The van der Waals surface area contributed by atoms with E-state index in [1.165, 1.54) is 14.0 Å². The van der Waals surface area contributed by atoms with Crippen molar-refractivity contribution < 1.29 is 18.0 Å². The van der Waals surface area contributed by atoms with Crippen molar-refractivity contribution >= 4 is 5.78 Å². The third-order valence-corrected chi connectivity index (χ3v) is 1.23. The monoisotopic (exact) mass is 181 g/mol. The Hall–Kier alpha value is -0.840. The molecule has 1 atom stereocenters. The molecule has 0 spiro atoms. The van der Waals surface area contributed by atoms with Gasteiger partial charge in [0.15, 0.2) is 5.78 Å². The topological polar surface area (TPSA) is 29.1 Å². The van der Waals surface area contributed by atoms with Gasteiger partial charge in [-0.15, -0.1) is 0 Å². The van der Waals surface area contributed by atoms with E-state index in [2.05, 4.69) is 5.32 Å². The molecule has 5 heteroatoms. The Morgan fingerprint density at radius 3 is 2.25 bits per heavy atom. The first-order chi connectivity index (χ1) is 5.37. The number of carbonyl (C=O) groups excluding carboxylic acids is 1. The molecule has 0 saturated carbocycles. The van der Waals surface area contributed by atoms with E-state index in [4.69, 9.17) is 0 Å². The van der Waals surface area contributed by atoms with Gasteiger partial charge in [-0.2, -0.15) is 13.2 Å². The summed E-state index contributed by atoms with van der Waals surface area (Å²) in [5.74, 6) is -0.349. The molecule has 0 fully saturated rings. The summed E-state index contributed by atoms with van der Waals surface area (Å²) < 4.78 is 34.8. The van der Waals surface area contributed by atoms with E-state index in [1.807, 2.05) is 0 Å². The van der Waals surface area contributed by atoms with Crippen LogP contribution in [0.15, 0.2) is 12.2 Å². The molecule has 0 aliphatic heterocycles. The van der Waals surface area contributed by atoms with Gasteiger partial charge >= 0.3 is 6.18 Å². The molecule has 2 nitrogen and oxygen atoms in total. The molecule has 0 saturated heterocycles. The average molecular weight is 181 g/mol. The molecule has 12 heavy (non-hydrogen) atoms. The molecule has 0 aliphatic carbocycles. The highest BCUT2D eigenvalue weighted by molar-refractivity contribution is 5.83. The number of alkyl halides is 3. The van der Waals surface area contributed by atoms with Gasteiger partial charge in [0.1, 0.15) is 0 Å². The molecule has 1 N–H and O–H groups in total. The molecule has 0 aromatic rings. The Morgan fingerprint density at radius 2 is 2.00 bits per heavy atom. The molecule has 0 heterocycles. The first-order valence-electron chi connectivity index (χ1n) is 3.30. The standard InChI is InChI=1S/C7H10F3NO/c1-5(12)6(11-2)3-4-7(8,9)10/h3-4,6,11H,1-2H3/b4-3+/t6-/m0/s1. The number of ketones is 1. The highest BCUT2D eigenvalue weighted by Crippen LogP contribution is 2.16. The van der Waals surface area contributed by atoms with Crippen molar-refractivity contribution in [2.45, 2.75) is 19.1 Å².